The summed E-state index contributed by atoms with van der Waals surface area (Å²) in [6.45, 7) is 2.53. The van der Waals surface area contributed by atoms with Crippen molar-refractivity contribution in [1.82, 2.24) is 10.0 Å². The lowest BCUT2D eigenvalue weighted by molar-refractivity contribution is -0.133. The molecule has 0 radical (unpaired) electrons. The van der Waals surface area contributed by atoms with Crippen LogP contribution in [0.4, 0.5) is 5.69 Å². The van der Waals surface area contributed by atoms with Gasteiger partial charge in [-0.25, -0.2) is 13.1 Å². The molecule has 1 fully saturated rings. The number of halogens is 1. The van der Waals surface area contributed by atoms with Crippen molar-refractivity contribution in [3.63, 3.8) is 0 Å². The van der Waals surface area contributed by atoms with Gasteiger partial charge in [-0.15, -0.1) is 12.4 Å². The number of ether oxygens (including phenoxy) is 1. The van der Waals surface area contributed by atoms with Gasteiger partial charge in [0.05, 0.1) is 16.9 Å². The first kappa shape index (κ1) is 21.1. The lowest BCUT2D eigenvalue weighted by Gasteiger charge is -2.38. The zero-order chi connectivity index (χ0) is 18.1. The van der Waals surface area contributed by atoms with Crippen LogP contribution in [0.25, 0.3) is 0 Å². The third-order valence-corrected chi connectivity index (χ3v) is 6.62. The molecule has 0 spiro atoms. The molecule has 2 N–H and O–H groups in total. The Morgan fingerprint density at radius 2 is 2.04 bits per heavy atom. The smallest absolute Gasteiger partial charge is 0.240 e. The van der Waals surface area contributed by atoms with E-state index in [0.717, 1.165) is 37.9 Å². The van der Waals surface area contributed by atoms with Gasteiger partial charge in [0, 0.05) is 19.3 Å². The number of piperidine rings is 1. The van der Waals surface area contributed by atoms with Gasteiger partial charge in [0.25, 0.3) is 0 Å². The van der Waals surface area contributed by atoms with Crippen molar-refractivity contribution >= 4 is 34.0 Å². The molecule has 0 saturated carbocycles. The second kappa shape index (κ2) is 8.22. The molecular weight excluding hydrogens is 378 g/mol. The number of anilines is 1. The first-order valence-electron chi connectivity index (χ1n) is 8.52. The molecule has 2 aliphatic heterocycles. The summed E-state index contributed by atoms with van der Waals surface area (Å²) in [5.74, 6) is 0.0357. The Balaban J connectivity index is 0.00000243. The summed E-state index contributed by atoms with van der Waals surface area (Å²) in [5.41, 5.74) is 1.17. The zero-order valence-corrected chi connectivity index (χ0v) is 16.7. The Morgan fingerprint density at radius 3 is 2.65 bits per heavy atom. The maximum absolute atomic E-state index is 13.4. The summed E-state index contributed by atoms with van der Waals surface area (Å²) in [7, 11) is -0.541. The number of hydrogen-bond donors (Lipinski definition) is 2. The Bertz CT molecular complexity index is 758. The molecule has 1 aromatic rings. The number of methoxy groups -OCH3 is 1. The SMILES string of the molecule is CNS(=O)(=O)c1ccc2c(c1)N(C(=O)C1(COC)CCNCC1)CC2.Cl. The summed E-state index contributed by atoms with van der Waals surface area (Å²) in [6.07, 6.45) is 2.18. The van der Waals surface area contributed by atoms with E-state index in [2.05, 4.69) is 10.0 Å². The van der Waals surface area contributed by atoms with Gasteiger partial charge in [-0.3, -0.25) is 4.79 Å². The molecule has 0 bridgehead atoms. The van der Waals surface area contributed by atoms with Crippen LogP contribution in [0.3, 0.4) is 0 Å². The summed E-state index contributed by atoms with van der Waals surface area (Å²) >= 11 is 0. The third kappa shape index (κ3) is 3.75. The number of sulfonamides is 1. The van der Waals surface area contributed by atoms with E-state index in [9.17, 15) is 13.2 Å². The van der Waals surface area contributed by atoms with Gasteiger partial charge in [0.1, 0.15) is 0 Å². The largest absolute Gasteiger partial charge is 0.384 e. The van der Waals surface area contributed by atoms with Gasteiger partial charge < -0.3 is 15.0 Å². The van der Waals surface area contributed by atoms with Gasteiger partial charge in [0.15, 0.2) is 0 Å². The molecule has 146 valence electrons. The highest BCUT2D eigenvalue weighted by atomic mass is 35.5. The Labute approximate surface area is 160 Å². The topological polar surface area (TPSA) is 87.7 Å². The van der Waals surface area contributed by atoms with Gasteiger partial charge in [-0.1, -0.05) is 6.07 Å². The molecule has 0 unspecified atom stereocenters. The van der Waals surface area contributed by atoms with E-state index in [4.69, 9.17) is 4.74 Å². The number of nitrogens with one attached hydrogen (secondary N) is 2. The Morgan fingerprint density at radius 1 is 1.35 bits per heavy atom. The van der Waals surface area contributed by atoms with E-state index in [1.165, 1.54) is 7.05 Å². The lowest BCUT2D eigenvalue weighted by Crippen LogP contribution is -2.51. The van der Waals surface area contributed by atoms with Crippen molar-refractivity contribution < 1.29 is 17.9 Å². The third-order valence-electron chi connectivity index (χ3n) is 5.21. The van der Waals surface area contributed by atoms with Crippen LogP contribution in [0.2, 0.25) is 0 Å². The molecule has 26 heavy (non-hydrogen) atoms. The summed E-state index contributed by atoms with van der Waals surface area (Å²) in [6, 6.07) is 5.00. The van der Waals surface area contributed by atoms with E-state index >= 15 is 0 Å². The fourth-order valence-corrected chi connectivity index (χ4v) is 4.49. The van der Waals surface area contributed by atoms with E-state index in [1.807, 2.05) is 0 Å². The molecule has 0 aliphatic carbocycles. The second-order valence-corrected chi connectivity index (χ2v) is 8.55. The number of carbonyl (C=O) groups is 1. The van der Waals surface area contributed by atoms with Crippen LogP contribution in [0.15, 0.2) is 23.1 Å². The molecule has 1 aromatic carbocycles. The molecule has 1 saturated heterocycles. The van der Waals surface area contributed by atoms with Crippen LogP contribution in [0.1, 0.15) is 18.4 Å². The molecule has 9 heteroatoms. The highest BCUT2D eigenvalue weighted by Crippen LogP contribution is 2.38. The van der Waals surface area contributed by atoms with Crippen molar-refractivity contribution in [2.75, 3.05) is 45.3 Å². The second-order valence-electron chi connectivity index (χ2n) is 6.67. The lowest BCUT2D eigenvalue weighted by atomic mass is 9.78. The molecule has 2 heterocycles. The number of carbonyl (C=O) groups excluding carboxylic acids is 1. The summed E-state index contributed by atoms with van der Waals surface area (Å²) in [4.78, 5) is 15.3. The highest BCUT2D eigenvalue weighted by molar-refractivity contribution is 7.89. The Hall–Kier alpha value is -1.19. The minimum Gasteiger partial charge on any atom is -0.384 e. The molecule has 3 rings (SSSR count). The van der Waals surface area contributed by atoms with Gasteiger partial charge in [-0.05, 0) is 57.1 Å². The molecule has 1 amide bonds. The average Bonchev–Trinajstić information content (AvgIpc) is 3.05. The van der Waals surface area contributed by atoms with Crippen LogP contribution in [-0.4, -0.2) is 54.7 Å². The van der Waals surface area contributed by atoms with E-state index < -0.39 is 15.4 Å². The van der Waals surface area contributed by atoms with Gasteiger partial charge >= 0.3 is 0 Å². The molecule has 2 aliphatic rings. The number of rotatable bonds is 5. The number of benzene rings is 1. The minimum absolute atomic E-state index is 0. The quantitative estimate of drug-likeness (QED) is 0.763. The first-order chi connectivity index (χ1) is 11.9. The van der Waals surface area contributed by atoms with Crippen molar-refractivity contribution in [1.29, 1.82) is 0 Å². The minimum atomic E-state index is -3.54. The fraction of sp³-hybridized carbons (Fsp3) is 0.588. The maximum Gasteiger partial charge on any atom is 0.240 e. The summed E-state index contributed by atoms with van der Waals surface area (Å²) in [5, 5.41) is 3.29. The molecule has 0 atom stereocenters. The van der Waals surface area contributed by atoms with Crippen LogP contribution in [-0.2, 0) is 26.0 Å². The molecule has 0 aromatic heterocycles. The van der Waals surface area contributed by atoms with E-state index in [-0.39, 0.29) is 23.2 Å². The summed E-state index contributed by atoms with van der Waals surface area (Å²) < 4.78 is 31.9. The van der Waals surface area contributed by atoms with E-state index in [1.54, 1.807) is 30.2 Å². The normalized spacial score (nSPS) is 18.9. The van der Waals surface area contributed by atoms with Crippen LogP contribution >= 0.6 is 12.4 Å². The Kier molecular flexibility index (Phi) is 6.68. The predicted molar refractivity (Wildman–Crippen MR) is 102 cm³/mol. The van der Waals surface area contributed by atoms with Crippen molar-refractivity contribution in [2.24, 2.45) is 5.41 Å². The maximum atomic E-state index is 13.4. The predicted octanol–water partition coefficient (Wildman–Crippen LogP) is 0.922. The monoisotopic (exact) mass is 403 g/mol. The van der Waals surface area contributed by atoms with Crippen molar-refractivity contribution in [3.05, 3.63) is 23.8 Å². The highest BCUT2D eigenvalue weighted by Gasteiger charge is 2.44. The van der Waals surface area contributed by atoms with Crippen LogP contribution < -0.4 is 14.9 Å². The van der Waals surface area contributed by atoms with Gasteiger partial charge in [-0.2, -0.15) is 0 Å². The molecular formula is C17H26ClN3O4S. The standard InChI is InChI=1S/C17H25N3O4S.ClH/c1-18-25(22,23)14-4-3-13-5-10-20(15(13)11-14)16(21)17(12-24-2)6-8-19-9-7-17;/h3-4,11,18-19H,5-10,12H2,1-2H3;1H. The van der Waals surface area contributed by atoms with Crippen molar-refractivity contribution in [3.8, 4) is 0 Å². The van der Waals surface area contributed by atoms with Crippen molar-refractivity contribution in [2.45, 2.75) is 24.2 Å². The number of amides is 1. The van der Waals surface area contributed by atoms with Crippen LogP contribution in [0.5, 0.6) is 0 Å². The number of nitrogens with zero attached hydrogens (tertiary/aromatic N) is 1. The average molecular weight is 404 g/mol. The zero-order valence-electron chi connectivity index (χ0n) is 15.1. The number of fused-ring (bicyclic) bond motifs is 1. The van der Waals surface area contributed by atoms with E-state index in [0.29, 0.717) is 18.8 Å². The molecule has 7 nitrogen and oxygen atoms in total. The van der Waals surface area contributed by atoms with Gasteiger partial charge in [0.2, 0.25) is 15.9 Å². The van der Waals surface area contributed by atoms with Crippen LogP contribution in [0, 0.1) is 5.41 Å². The number of hydrogen-bond acceptors (Lipinski definition) is 5. The first-order valence-corrected chi connectivity index (χ1v) is 10.00. The fourth-order valence-electron chi connectivity index (χ4n) is 3.74.